The van der Waals surface area contributed by atoms with Crippen molar-refractivity contribution in [3.63, 3.8) is 0 Å². The molecule has 96 valence electrons. The third-order valence-corrected chi connectivity index (χ3v) is 2.72. The van der Waals surface area contributed by atoms with Crippen LogP contribution in [-0.4, -0.2) is 31.0 Å². The van der Waals surface area contributed by atoms with Crippen molar-refractivity contribution >= 4 is 5.97 Å². The van der Waals surface area contributed by atoms with E-state index in [9.17, 15) is 4.79 Å². The molecule has 0 fully saturated rings. The first kappa shape index (κ1) is 12.3. The molecule has 0 amide bonds. The number of rotatable bonds is 4. The molecule has 0 aliphatic carbocycles. The van der Waals surface area contributed by atoms with Crippen molar-refractivity contribution in [2.45, 2.75) is 33.7 Å². The molecule has 7 nitrogen and oxygen atoms in total. The molecule has 2 aromatic rings. The number of aromatic nitrogens is 4. The minimum Gasteiger partial charge on any atom is -0.481 e. The average Bonchev–Trinajstić information content (AvgIpc) is 2.78. The molecular weight excluding hydrogens is 236 g/mol. The summed E-state index contributed by atoms with van der Waals surface area (Å²) >= 11 is 0. The molecule has 0 saturated heterocycles. The number of carboxylic acids is 1. The highest BCUT2D eigenvalue weighted by atomic mass is 16.5. The second-order valence-electron chi connectivity index (χ2n) is 4.11. The van der Waals surface area contributed by atoms with Gasteiger partial charge in [0.05, 0.1) is 12.1 Å². The molecule has 2 heterocycles. The van der Waals surface area contributed by atoms with Gasteiger partial charge in [0.2, 0.25) is 5.89 Å². The first-order valence-corrected chi connectivity index (χ1v) is 5.51. The maximum atomic E-state index is 10.8. The lowest BCUT2D eigenvalue weighted by Crippen LogP contribution is -2.07. The van der Waals surface area contributed by atoms with Crippen LogP contribution in [0, 0.1) is 20.8 Å². The zero-order valence-corrected chi connectivity index (χ0v) is 10.5. The summed E-state index contributed by atoms with van der Waals surface area (Å²) in [7, 11) is 0. The molecule has 0 bridgehead atoms. The highest BCUT2D eigenvalue weighted by molar-refractivity contribution is 5.70. The van der Waals surface area contributed by atoms with Gasteiger partial charge in [0, 0.05) is 18.2 Å². The van der Waals surface area contributed by atoms with Crippen LogP contribution in [0.3, 0.4) is 0 Å². The fraction of sp³-hybridized carbons (Fsp3) is 0.455. The molecule has 1 N–H and O–H groups in total. The number of hydrogen-bond acceptors (Lipinski definition) is 5. The van der Waals surface area contributed by atoms with Crippen molar-refractivity contribution in [3.8, 4) is 0 Å². The van der Waals surface area contributed by atoms with Gasteiger partial charge in [-0.1, -0.05) is 5.16 Å². The Kier molecular flexibility index (Phi) is 3.14. The summed E-state index contributed by atoms with van der Waals surface area (Å²) in [6, 6.07) is 0. The van der Waals surface area contributed by atoms with Crippen molar-refractivity contribution in [2.24, 2.45) is 0 Å². The van der Waals surface area contributed by atoms with E-state index < -0.39 is 5.97 Å². The van der Waals surface area contributed by atoms with Crippen molar-refractivity contribution in [1.29, 1.82) is 0 Å². The summed E-state index contributed by atoms with van der Waals surface area (Å²) in [6.07, 6.45) is -0.0249. The molecule has 0 unspecified atom stereocenters. The van der Waals surface area contributed by atoms with E-state index in [1.807, 2.05) is 6.92 Å². The molecule has 7 heteroatoms. The number of aryl methyl sites for hydroxylation is 2. The highest BCUT2D eigenvalue weighted by Crippen LogP contribution is 2.14. The Hall–Kier alpha value is -2.18. The Balaban J connectivity index is 2.26. The van der Waals surface area contributed by atoms with Gasteiger partial charge in [-0.2, -0.15) is 10.1 Å². The van der Waals surface area contributed by atoms with Gasteiger partial charge >= 0.3 is 5.97 Å². The highest BCUT2D eigenvalue weighted by Gasteiger charge is 2.15. The smallest absolute Gasteiger partial charge is 0.307 e. The van der Waals surface area contributed by atoms with E-state index in [1.165, 1.54) is 0 Å². The van der Waals surface area contributed by atoms with Crippen LogP contribution in [0.5, 0.6) is 0 Å². The minimum atomic E-state index is -0.865. The van der Waals surface area contributed by atoms with Gasteiger partial charge in [0.15, 0.2) is 5.82 Å². The lowest BCUT2D eigenvalue weighted by molar-refractivity contribution is -0.136. The van der Waals surface area contributed by atoms with Gasteiger partial charge in [-0.05, 0) is 13.8 Å². The van der Waals surface area contributed by atoms with Crippen molar-refractivity contribution in [2.75, 3.05) is 0 Å². The number of nitrogens with zero attached hydrogens (tertiary/aromatic N) is 4. The van der Waals surface area contributed by atoms with Crippen LogP contribution in [0.4, 0.5) is 0 Å². The Morgan fingerprint density at radius 1 is 1.39 bits per heavy atom. The molecule has 0 aromatic carbocycles. The maximum absolute atomic E-state index is 10.8. The van der Waals surface area contributed by atoms with E-state index >= 15 is 0 Å². The van der Waals surface area contributed by atoms with Crippen LogP contribution < -0.4 is 0 Å². The summed E-state index contributed by atoms with van der Waals surface area (Å²) in [5.74, 6) is 0.161. The van der Waals surface area contributed by atoms with Gasteiger partial charge in [-0.3, -0.25) is 9.48 Å². The van der Waals surface area contributed by atoms with Crippen molar-refractivity contribution in [3.05, 3.63) is 28.7 Å². The molecular formula is C11H14N4O3. The standard InChI is InChI=1S/C11H14N4O3/c1-6-9(4-11(16)17)7(2)15(13-6)5-10-12-8(3)18-14-10/h4-5H2,1-3H3,(H,16,17). The van der Waals surface area contributed by atoms with E-state index in [-0.39, 0.29) is 6.42 Å². The quantitative estimate of drug-likeness (QED) is 0.865. The second kappa shape index (κ2) is 4.59. The summed E-state index contributed by atoms with van der Waals surface area (Å²) in [4.78, 5) is 14.9. The van der Waals surface area contributed by atoms with Crippen LogP contribution in [0.2, 0.25) is 0 Å². The predicted molar refractivity (Wildman–Crippen MR) is 61.2 cm³/mol. The lowest BCUT2D eigenvalue weighted by atomic mass is 10.1. The van der Waals surface area contributed by atoms with Gasteiger partial charge in [0.25, 0.3) is 0 Å². The van der Waals surface area contributed by atoms with E-state index in [4.69, 9.17) is 9.63 Å². The lowest BCUT2D eigenvalue weighted by Gasteiger charge is -2.01. The minimum absolute atomic E-state index is 0.0249. The van der Waals surface area contributed by atoms with E-state index in [0.29, 0.717) is 18.3 Å². The first-order chi connectivity index (χ1) is 8.47. The number of carboxylic acid groups (broad SMARTS) is 1. The van der Waals surface area contributed by atoms with Crippen LogP contribution in [0.15, 0.2) is 4.52 Å². The van der Waals surface area contributed by atoms with Crippen molar-refractivity contribution < 1.29 is 14.4 Å². The monoisotopic (exact) mass is 250 g/mol. The molecule has 2 rings (SSSR count). The number of hydrogen-bond donors (Lipinski definition) is 1. The predicted octanol–water partition coefficient (Wildman–Crippen LogP) is 0.867. The van der Waals surface area contributed by atoms with Crippen LogP contribution in [0.25, 0.3) is 0 Å². The number of carbonyl (C=O) groups is 1. The Labute approximate surface area is 103 Å². The normalized spacial score (nSPS) is 10.8. The molecule has 0 spiro atoms. The van der Waals surface area contributed by atoms with E-state index in [0.717, 1.165) is 17.0 Å². The Morgan fingerprint density at radius 3 is 2.67 bits per heavy atom. The molecule has 18 heavy (non-hydrogen) atoms. The fourth-order valence-corrected chi connectivity index (χ4v) is 1.83. The summed E-state index contributed by atoms with van der Waals surface area (Å²) in [5, 5.41) is 16.9. The fourth-order valence-electron chi connectivity index (χ4n) is 1.83. The average molecular weight is 250 g/mol. The van der Waals surface area contributed by atoms with Crippen LogP contribution in [0.1, 0.15) is 28.7 Å². The Bertz CT molecular complexity index is 585. The summed E-state index contributed by atoms with van der Waals surface area (Å²) in [5.41, 5.74) is 2.27. The summed E-state index contributed by atoms with van der Waals surface area (Å²) in [6.45, 7) is 5.73. The molecule has 0 radical (unpaired) electrons. The van der Waals surface area contributed by atoms with Gasteiger partial charge in [-0.25, -0.2) is 0 Å². The zero-order valence-electron chi connectivity index (χ0n) is 10.5. The number of aliphatic carboxylic acids is 1. The van der Waals surface area contributed by atoms with Gasteiger partial charge < -0.3 is 9.63 Å². The Morgan fingerprint density at radius 2 is 2.11 bits per heavy atom. The molecule has 0 saturated carbocycles. The third-order valence-electron chi connectivity index (χ3n) is 2.72. The molecule has 0 atom stereocenters. The second-order valence-corrected chi connectivity index (χ2v) is 4.11. The zero-order chi connectivity index (χ0) is 13.3. The van der Waals surface area contributed by atoms with Gasteiger partial charge in [-0.15, -0.1) is 0 Å². The van der Waals surface area contributed by atoms with Gasteiger partial charge in [0.1, 0.15) is 6.54 Å². The maximum Gasteiger partial charge on any atom is 0.307 e. The largest absolute Gasteiger partial charge is 0.481 e. The van der Waals surface area contributed by atoms with Crippen molar-refractivity contribution in [1.82, 2.24) is 19.9 Å². The first-order valence-electron chi connectivity index (χ1n) is 5.51. The van der Waals surface area contributed by atoms with E-state index in [1.54, 1.807) is 18.5 Å². The topological polar surface area (TPSA) is 94.0 Å². The van der Waals surface area contributed by atoms with Crippen LogP contribution in [-0.2, 0) is 17.8 Å². The SMILES string of the molecule is Cc1nc(Cn2nc(C)c(CC(=O)O)c2C)no1. The molecule has 0 aliphatic rings. The molecule has 0 aliphatic heterocycles. The van der Waals surface area contributed by atoms with E-state index in [2.05, 4.69) is 15.2 Å². The summed E-state index contributed by atoms with van der Waals surface area (Å²) < 4.78 is 6.57. The van der Waals surface area contributed by atoms with Crippen LogP contribution >= 0.6 is 0 Å². The molecule has 2 aromatic heterocycles. The third kappa shape index (κ3) is 2.39.